The molecular weight excluding hydrogens is 212 g/mol. The molecule has 0 aliphatic carbocycles. The molecule has 1 heterocycles. The molecule has 84 valence electrons. The number of carboxylic acids is 1. The van der Waals surface area contributed by atoms with E-state index >= 15 is 0 Å². The van der Waals surface area contributed by atoms with Gasteiger partial charge in [0.2, 0.25) is 0 Å². The van der Waals surface area contributed by atoms with Crippen LogP contribution in [0.3, 0.4) is 0 Å². The lowest BCUT2D eigenvalue weighted by Crippen LogP contribution is -2.10. The number of aryl methyl sites for hydroxylation is 1. The molecule has 0 radical (unpaired) electrons. The summed E-state index contributed by atoms with van der Waals surface area (Å²) in [5.41, 5.74) is 0.159. The van der Waals surface area contributed by atoms with E-state index in [4.69, 9.17) is 5.11 Å². The Morgan fingerprint density at radius 1 is 1.67 bits per heavy atom. The van der Waals surface area contributed by atoms with E-state index in [1.165, 1.54) is 11.3 Å². The second kappa shape index (κ2) is 5.11. The summed E-state index contributed by atoms with van der Waals surface area (Å²) in [6, 6.07) is 0. The van der Waals surface area contributed by atoms with Crippen LogP contribution in [0, 0.1) is 12.8 Å². The third-order valence-corrected chi connectivity index (χ3v) is 3.23. The molecule has 0 aliphatic heterocycles. The van der Waals surface area contributed by atoms with Crippen molar-refractivity contribution >= 4 is 22.4 Å². The van der Waals surface area contributed by atoms with Crippen LogP contribution in [0.25, 0.3) is 0 Å². The minimum atomic E-state index is -0.958. The average molecular weight is 228 g/mol. The van der Waals surface area contributed by atoms with Gasteiger partial charge in [-0.05, 0) is 12.8 Å². The van der Waals surface area contributed by atoms with Crippen LogP contribution in [-0.4, -0.2) is 22.6 Å². The van der Waals surface area contributed by atoms with Gasteiger partial charge in [-0.3, -0.25) is 0 Å². The smallest absolute Gasteiger partial charge is 0.355 e. The maximum atomic E-state index is 10.7. The number of hydrogen-bond donors (Lipinski definition) is 2. The normalized spacial score (nSPS) is 12.5. The predicted molar refractivity (Wildman–Crippen MR) is 61.8 cm³/mol. The second-order valence-electron chi connectivity index (χ2n) is 3.62. The van der Waals surface area contributed by atoms with Crippen molar-refractivity contribution in [1.29, 1.82) is 0 Å². The Bertz CT molecular complexity index is 349. The molecule has 0 saturated carbocycles. The summed E-state index contributed by atoms with van der Waals surface area (Å²) < 4.78 is 0. The summed E-state index contributed by atoms with van der Waals surface area (Å²) in [6.45, 7) is 6.88. The summed E-state index contributed by atoms with van der Waals surface area (Å²) in [5, 5.41) is 12.7. The lowest BCUT2D eigenvalue weighted by Gasteiger charge is -2.07. The fourth-order valence-corrected chi connectivity index (χ4v) is 1.89. The van der Waals surface area contributed by atoms with Crippen LogP contribution in [-0.2, 0) is 0 Å². The molecule has 0 bridgehead atoms. The zero-order valence-electron chi connectivity index (χ0n) is 9.20. The molecule has 0 amide bonds. The van der Waals surface area contributed by atoms with Crippen molar-refractivity contribution in [1.82, 2.24) is 4.98 Å². The summed E-state index contributed by atoms with van der Waals surface area (Å²) in [7, 11) is 0. The Balaban J connectivity index is 2.63. The van der Waals surface area contributed by atoms with Crippen LogP contribution in [0.15, 0.2) is 0 Å². The van der Waals surface area contributed by atoms with E-state index in [-0.39, 0.29) is 5.69 Å². The maximum Gasteiger partial charge on any atom is 0.355 e. The molecule has 0 aromatic carbocycles. The molecule has 0 spiro atoms. The molecule has 15 heavy (non-hydrogen) atoms. The van der Waals surface area contributed by atoms with Gasteiger partial charge in [-0.2, -0.15) is 0 Å². The topological polar surface area (TPSA) is 62.2 Å². The standard InChI is InChI=1S/C10H16N2O2S/c1-4-6(2)5-11-10-12-8(9(13)14)7(3)15-10/h6H,4-5H2,1-3H3,(H,11,12)(H,13,14). The molecular formula is C10H16N2O2S. The van der Waals surface area contributed by atoms with Gasteiger partial charge >= 0.3 is 5.97 Å². The van der Waals surface area contributed by atoms with Crippen molar-refractivity contribution < 1.29 is 9.90 Å². The van der Waals surface area contributed by atoms with Gasteiger partial charge in [-0.15, -0.1) is 11.3 Å². The average Bonchev–Trinajstić information content (AvgIpc) is 2.56. The first-order valence-corrected chi connectivity index (χ1v) is 5.80. The first-order chi connectivity index (χ1) is 7.04. The number of hydrogen-bond acceptors (Lipinski definition) is 4. The summed E-state index contributed by atoms with van der Waals surface area (Å²) in [5.74, 6) is -0.386. The summed E-state index contributed by atoms with van der Waals surface area (Å²) in [4.78, 5) is 15.5. The van der Waals surface area contributed by atoms with Crippen molar-refractivity contribution in [2.75, 3.05) is 11.9 Å². The predicted octanol–water partition coefficient (Wildman–Crippen LogP) is 2.61. The monoisotopic (exact) mass is 228 g/mol. The van der Waals surface area contributed by atoms with Gasteiger partial charge in [-0.25, -0.2) is 9.78 Å². The number of carbonyl (C=O) groups is 1. The number of nitrogens with one attached hydrogen (secondary N) is 1. The highest BCUT2D eigenvalue weighted by atomic mass is 32.1. The lowest BCUT2D eigenvalue weighted by molar-refractivity contribution is 0.0690. The van der Waals surface area contributed by atoms with Crippen molar-refractivity contribution in [3.63, 3.8) is 0 Å². The van der Waals surface area contributed by atoms with Gasteiger partial charge in [0.25, 0.3) is 0 Å². The largest absolute Gasteiger partial charge is 0.476 e. The Labute approximate surface area is 93.4 Å². The van der Waals surface area contributed by atoms with Crippen molar-refractivity contribution in [3.05, 3.63) is 10.6 Å². The van der Waals surface area contributed by atoms with E-state index in [1.807, 2.05) is 0 Å². The minimum Gasteiger partial charge on any atom is -0.476 e. The van der Waals surface area contributed by atoms with E-state index in [9.17, 15) is 4.79 Å². The van der Waals surface area contributed by atoms with Gasteiger partial charge < -0.3 is 10.4 Å². The van der Waals surface area contributed by atoms with Crippen LogP contribution < -0.4 is 5.32 Å². The number of carboxylic acid groups (broad SMARTS) is 1. The fraction of sp³-hybridized carbons (Fsp3) is 0.600. The third kappa shape index (κ3) is 3.20. The molecule has 0 fully saturated rings. The Morgan fingerprint density at radius 2 is 2.33 bits per heavy atom. The second-order valence-corrected chi connectivity index (χ2v) is 4.83. The van der Waals surface area contributed by atoms with E-state index in [2.05, 4.69) is 24.1 Å². The molecule has 4 nitrogen and oxygen atoms in total. The quantitative estimate of drug-likeness (QED) is 0.813. The van der Waals surface area contributed by atoms with Crippen molar-refractivity contribution in [2.45, 2.75) is 27.2 Å². The highest BCUT2D eigenvalue weighted by molar-refractivity contribution is 7.15. The zero-order valence-corrected chi connectivity index (χ0v) is 10.0. The number of aromatic carboxylic acids is 1. The Hall–Kier alpha value is -1.10. The molecule has 1 aromatic heterocycles. The number of nitrogens with zero attached hydrogens (tertiary/aromatic N) is 1. The number of aromatic nitrogens is 1. The van der Waals surface area contributed by atoms with Crippen LogP contribution >= 0.6 is 11.3 Å². The van der Waals surface area contributed by atoms with Gasteiger partial charge in [0.05, 0.1) is 0 Å². The van der Waals surface area contributed by atoms with Gasteiger partial charge in [0, 0.05) is 11.4 Å². The first-order valence-electron chi connectivity index (χ1n) is 4.99. The van der Waals surface area contributed by atoms with Crippen molar-refractivity contribution in [3.8, 4) is 0 Å². The molecule has 1 rings (SSSR count). The molecule has 5 heteroatoms. The minimum absolute atomic E-state index is 0.159. The van der Waals surface area contributed by atoms with Gasteiger partial charge in [0.15, 0.2) is 10.8 Å². The van der Waals surface area contributed by atoms with E-state index in [1.54, 1.807) is 6.92 Å². The van der Waals surface area contributed by atoms with E-state index in [0.29, 0.717) is 11.0 Å². The van der Waals surface area contributed by atoms with Crippen LogP contribution in [0.1, 0.15) is 35.6 Å². The maximum absolute atomic E-state index is 10.7. The van der Waals surface area contributed by atoms with Crippen LogP contribution in [0.4, 0.5) is 5.13 Å². The highest BCUT2D eigenvalue weighted by Gasteiger charge is 2.13. The van der Waals surface area contributed by atoms with Crippen LogP contribution in [0.2, 0.25) is 0 Å². The SMILES string of the molecule is CCC(C)CNc1nc(C(=O)O)c(C)s1. The molecule has 0 saturated heterocycles. The molecule has 2 N–H and O–H groups in total. The van der Waals surface area contributed by atoms with Gasteiger partial charge in [0.1, 0.15) is 0 Å². The number of thiazole rings is 1. The van der Waals surface area contributed by atoms with Crippen molar-refractivity contribution in [2.24, 2.45) is 5.92 Å². The molecule has 1 unspecified atom stereocenters. The summed E-state index contributed by atoms with van der Waals surface area (Å²) >= 11 is 1.39. The Morgan fingerprint density at radius 3 is 2.80 bits per heavy atom. The van der Waals surface area contributed by atoms with E-state index in [0.717, 1.165) is 17.8 Å². The molecule has 0 aliphatic rings. The Kier molecular flexibility index (Phi) is 4.08. The first kappa shape index (κ1) is 12.0. The molecule has 1 atom stereocenters. The lowest BCUT2D eigenvalue weighted by atomic mass is 10.1. The highest BCUT2D eigenvalue weighted by Crippen LogP contribution is 2.22. The molecule has 1 aromatic rings. The van der Waals surface area contributed by atoms with Gasteiger partial charge in [-0.1, -0.05) is 20.3 Å². The van der Waals surface area contributed by atoms with Crippen LogP contribution in [0.5, 0.6) is 0 Å². The third-order valence-electron chi connectivity index (χ3n) is 2.30. The van der Waals surface area contributed by atoms with E-state index < -0.39 is 5.97 Å². The number of rotatable bonds is 5. The summed E-state index contributed by atoms with van der Waals surface area (Å²) in [6.07, 6.45) is 1.10. The fourth-order valence-electron chi connectivity index (χ4n) is 1.08. The zero-order chi connectivity index (χ0) is 11.4. The number of anilines is 1.